The molecule has 3 aliphatic heterocycles. The van der Waals surface area contributed by atoms with Crippen LogP contribution >= 0.6 is 11.8 Å². The summed E-state index contributed by atoms with van der Waals surface area (Å²) in [6.45, 7) is 7.45. The SMILES string of the molecule is CC1(C)CNC2(CCCSC2)OC12CCOCC2. The first-order valence-corrected chi connectivity index (χ1v) is 8.34. The fourth-order valence-electron chi connectivity index (χ4n) is 3.56. The van der Waals surface area contributed by atoms with E-state index in [4.69, 9.17) is 9.47 Å². The standard InChI is InChI=1S/C14H25NO2S/c1-12(2)10-15-14(4-3-9-18-11-14)17-13(12)5-7-16-8-6-13/h15H,3-11H2,1-2H3. The van der Waals surface area contributed by atoms with E-state index in [-0.39, 0.29) is 16.7 Å². The van der Waals surface area contributed by atoms with Crippen molar-refractivity contribution in [1.82, 2.24) is 5.32 Å². The van der Waals surface area contributed by atoms with E-state index in [2.05, 4.69) is 19.2 Å². The maximum Gasteiger partial charge on any atom is 0.129 e. The summed E-state index contributed by atoms with van der Waals surface area (Å²) in [7, 11) is 0. The van der Waals surface area contributed by atoms with Crippen LogP contribution in [-0.4, -0.2) is 42.6 Å². The lowest BCUT2D eigenvalue weighted by molar-refractivity contribution is -0.269. The van der Waals surface area contributed by atoms with Crippen LogP contribution in [0.5, 0.6) is 0 Å². The van der Waals surface area contributed by atoms with Crippen molar-refractivity contribution in [3.05, 3.63) is 0 Å². The Bertz CT molecular complexity index is 307. The smallest absolute Gasteiger partial charge is 0.129 e. The molecule has 3 aliphatic rings. The Hall–Kier alpha value is 0.230. The van der Waals surface area contributed by atoms with E-state index in [9.17, 15) is 0 Å². The van der Waals surface area contributed by atoms with E-state index < -0.39 is 0 Å². The monoisotopic (exact) mass is 271 g/mol. The Labute approximate surface area is 114 Å². The molecule has 0 saturated carbocycles. The van der Waals surface area contributed by atoms with Crippen molar-refractivity contribution in [2.24, 2.45) is 5.41 Å². The molecule has 0 bridgehead atoms. The summed E-state index contributed by atoms with van der Waals surface area (Å²) in [6, 6.07) is 0. The molecule has 0 aromatic heterocycles. The highest BCUT2D eigenvalue weighted by Gasteiger charge is 2.55. The molecule has 2 spiro atoms. The molecule has 3 rings (SSSR count). The third-order valence-electron chi connectivity index (χ3n) is 4.98. The fraction of sp³-hybridized carbons (Fsp3) is 1.00. The molecule has 3 fully saturated rings. The Morgan fingerprint density at radius 2 is 1.89 bits per heavy atom. The van der Waals surface area contributed by atoms with Gasteiger partial charge in [-0.1, -0.05) is 13.8 Å². The summed E-state index contributed by atoms with van der Waals surface area (Å²) in [5.41, 5.74) is 0.161. The molecule has 0 aromatic rings. The van der Waals surface area contributed by atoms with Crippen LogP contribution in [0.4, 0.5) is 0 Å². The van der Waals surface area contributed by atoms with E-state index in [1.165, 1.54) is 18.6 Å². The van der Waals surface area contributed by atoms with Gasteiger partial charge in [0.2, 0.25) is 0 Å². The highest BCUT2D eigenvalue weighted by molar-refractivity contribution is 7.99. The molecular weight excluding hydrogens is 246 g/mol. The summed E-state index contributed by atoms with van der Waals surface area (Å²) in [5, 5.41) is 3.71. The molecule has 3 nitrogen and oxygen atoms in total. The third-order valence-corrected chi connectivity index (χ3v) is 6.23. The number of hydrogen-bond acceptors (Lipinski definition) is 4. The van der Waals surface area contributed by atoms with Gasteiger partial charge in [0.15, 0.2) is 0 Å². The minimum atomic E-state index is -0.0597. The Balaban J connectivity index is 1.84. The zero-order valence-corrected chi connectivity index (χ0v) is 12.4. The topological polar surface area (TPSA) is 30.5 Å². The van der Waals surface area contributed by atoms with Crippen molar-refractivity contribution in [1.29, 1.82) is 0 Å². The minimum Gasteiger partial charge on any atom is -0.381 e. The van der Waals surface area contributed by atoms with Crippen LogP contribution in [0.1, 0.15) is 39.5 Å². The zero-order chi connectivity index (χ0) is 12.7. The summed E-state index contributed by atoms with van der Waals surface area (Å²) in [4.78, 5) is 0. The van der Waals surface area contributed by atoms with E-state index >= 15 is 0 Å². The van der Waals surface area contributed by atoms with E-state index in [0.29, 0.717) is 0 Å². The summed E-state index contributed by atoms with van der Waals surface area (Å²) >= 11 is 2.03. The number of hydrogen-bond donors (Lipinski definition) is 1. The molecule has 0 amide bonds. The Kier molecular flexibility index (Phi) is 3.42. The van der Waals surface area contributed by atoms with Crippen LogP contribution in [0, 0.1) is 5.41 Å². The van der Waals surface area contributed by atoms with Gasteiger partial charge in [0.05, 0.1) is 5.60 Å². The Morgan fingerprint density at radius 1 is 1.11 bits per heavy atom. The third kappa shape index (κ3) is 2.11. The van der Waals surface area contributed by atoms with Gasteiger partial charge in [-0.15, -0.1) is 0 Å². The van der Waals surface area contributed by atoms with Crippen molar-refractivity contribution in [2.75, 3.05) is 31.3 Å². The van der Waals surface area contributed by atoms with E-state index in [1.54, 1.807) is 0 Å². The molecule has 0 aliphatic carbocycles. The van der Waals surface area contributed by atoms with Gasteiger partial charge >= 0.3 is 0 Å². The molecule has 1 N–H and O–H groups in total. The van der Waals surface area contributed by atoms with Crippen molar-refractivity contribution < 1.29 is 9.47 Å². The predicted molar refractivity (Wildman–Crippen MR) is 74.9 cm³/mol. The van der Waals surface area contributed by atoms with Gasteiger partial charge in [0.1, 0.15) is 5.72 Å². The second-order valence-corrected chi connectivity index (χ2v) is 7.70. The van der Waals surface area contributed by atoms with Crippen LogP contribution in [0.3, 0.4) is 0 Å². The minimum absolute atomic E-state index is 0.0222. The van der Waals surface area contributed by atoms with Crippen LogP contribution in [-0.2, 0) is 9.47 Å². The normalized spacial score (nSPS) is 39.0. The van der Waals surface area contributed by atoms with Crippen molar-refractivity contribution in [3.8, 4) is 0 Å². The average molecular weight is 271 g/mol. The lowest BCUT2D eigenvalue weighted by Crippen LogP contribution is -2.70. The molecule has 4 heteroatoms. The molecule has 1 unspecified atom stereocenters. The van der Waals surface area contributed by atoms with Crippen LogP contribution in [0.2, 0.25) is 0 Å². The number of rotatable bonds is 0. The lowest BCUT2D eigenvalue weighted by Gasteiger charge is -2.59. The molecule has 104 valence electrons. The van der Waals surface area contributed by atoms with E-state index in [0.717, 1.165) is 38.4 Å². The fourth-order valence-corrected chi connectivity index (χ4v) is 4.69. The first-order valence-electron chi connectivity index (χ1n) is 7.18. The highest BCUT2D eigenvalue weighted by atomic mass is 32.2. The van der Waals surface area contributed by atoms with Gasteiger partial charge in [-0.05, 0) is 18.6 Å². The van der Waals surface area contributed by atoms with Gasteiger partial charge in [0, 0.05) is 43.8 Å². The largest absolute Gasteiger partial charge is 0.381 e. The van der Waals surface area contributed by atoms with Gasteiger partial charge < -0.3 is 9.47 Å². The van der Waals surface area contributed by atoms with E-state index in [1.807, 2.05) is 11.8 Å². The average Bonchev–Trinajstić information content (AvgIpc) is 2.38. The first kappa shape index (κ1) is 13.2. The maximum absolute atomic E-state index is 6.75. The van der Waals surface area contributed by atoms with Crippen LogP contribution in [0.15, 0.2) is 0 Å². The molecular formula is C14H25NO2S. The second-order valence-electron chi connectivity index (χ2n) is 6.60. The van der Waals surface area contributed by atoms with Crippen molar-refractivity contribution in [3.63, 3.8) is 0 Å². The van der Waals surface area contributed by atoms with Crippen molar-refractivity contribution in [2.45, 2.75) is 50.9 Å². The van der Waals surface area contributed by atoms with Gasteiger partial charge in [0.25, 0.3) is 0 Å². The van der Waals surface area contributed by atoms with Crippen LogP contribution < -0.4 is 5.32 Å². The molecule has 1 atom stereocenters. The second kappa shape index (κ2) is 4.65. The van der Waals surface area contributed by atoms with Crippen molar-refractivity contribution >= 4 is 11.8 Å². The maximum atomic E-state index is 6.75. The predicted octanol–water partition coefficient (Wildman–Crippen LogP) is 2.40. The number of nitrogens with one attached hydrogen (secondary N) is 1. The summed E-state index contributed by atoms with van der Waals surface area (Å²) in [5.74, 6) is 2.39. The molecule has 3 heterocycles. The number of ether oxygens (including phenoxy) is 2. The molecule has 0 radical (unpaired) electrons. The Morgan fingerprint density at radius 3 is 2.56 bits per heavy atom. The summed E-state index contributed by atoms with van der Waals surface area (Å²) in [6.07, 6.45) is 4.53. The summed E-state index contributed by atoms with van der Waals surface area (Å²) < 4.78 is 12.3. The molecule has 3 saturated heterocycles. The number of thioether (sulfide) groups is 1. The zero-order valence-electron chi connectivity index (χ0n) is 11.6. The van der Waals surface area contributed by atoms with Gasteiger partial charge in [-0.3, -0.25) is 5.32 Å². The molecule has 18 heavy (non-hydrogen) atoms. The molecule has 0 aromatic carbocycles. The van der Waals surface area contributed by atoms with Gasteiger partial charge in [-0.2, -0.15) is 11.8 Å². The first-order chi connectivity index (χ1) is 8.58. The van der Waals surface area contributed by atoms with Gasteiger partial charge in [-0.25, -0.2) is 0 Å². The quantitative estimate of drug-likeness (QED) is 0.733. The highest BCUT2D eigenvalue weighted by Crippen LogP contribution is 2.48. The lowest BCUT2D eigenvalue weighted by atomic mass is 9.68. The van der Waals surface area contributed by atoms with Crippen LogP contribution in [0.25, 0.3) is 0 Å².